The van der Waals surface area contributed by atoms with Gasteiger partial charge in [-0.15, -0.1) is 0 Å². The summed E-state index contributed by atoms with van der Waals surface area (Å²) in [4.78, 5) is 3.23. The van der Waals surface area contributed by atoms with Gasteiger partial charge in [0.2, 0.25) is 0 Å². The summed E-state index contributed by atoms with van der Waals surface area (Å²) in [6.45, 7) is 0. The highest BCUT2D eigenvalue weighted by atomic mass is 16.5. The predicted octanol–water partition coefficient (Wildman–Crippen LogP) is 3.16. The van der Waals surface area contributed by atoms with E-state index in [1.54, 1.807) is 7.11 Å². The SMILES string of the molecule is COc1ccc2c(N)c(C#Cc3ccccc3)[nH]c2c1. The second-order valence-corrected chi connectivity index (χ2v) is 4.44. The number of anilines is 1. The van der Waals surface area contributed by atoms with E-state index in [-0.39, 0.29) is 0 Å². The van der Waals surface area contributed by atoms with Crippen molar-refractivity contribution in [2.24, 2.45) is 0 Å². The number of fused-ring (bicyclic) bond motifs is 1. The van der Waals surface area contributed by atoms with Crippen LogP contribution in [0.1, 0.15) is 11.3 Å². The molecule has 0 unspecified atom stereocenters. The number of aromatic nitrogens is 1. The number of nitrogens with two attached hydrogens (primary N) is 1. The molecule has 1 aromatic heterocycles. The minimum absolute atomic E-state index is 0.672. The second-order valence-electron chi connectivity index (χ2n) is 4.44. The molecule has 3 nitrogen and oxygen atoms in total. The number of benzene rings is 2. The zero-order chi connectivity index (χ0) is 13.9. The highest BCUT2D eigenvalue weighted by Gasteiger charge is 2.07. The maximum Gasteiger partial charge on any atom is 0.120 e. The number of hydrogen-bond acceptors (Lipinski definition) is 2. The summed E-state index contributed by atoms with van der Waals surface area (Å²) in [5.41, 5.74) is 9.42. The molecule has 0 bridgehead atoms. The third kappa shape index (κ3) is 2.19. The van der Waals surface area contributed by atoms with Crippen molar-refractivity contribution in [1.82, 2.24) is 4.98 Å². The number of methoxy groups -OCH3 is 1. The number of hydrogen-bond donors (Lipinski definition) is 2. The summed E-state index contributed by atoms with van der Waals surface area (Å²) < 4.78 is 5.20. The Labute approximate surface area is 117 Å². The minimum Gasteiger partial charge on any atom is -0.497 e. The van der Waals surface area contributed by atoms with Crippen molar-refractivity contribution in [2.45, 2.75) is 0 Å². The maximum atomic E-state index is 6.12. The van der Waals surface area contributed by atoms with Gasteiger partial charge in [-0.05, 0) is 30.2 Å². The Morgan fingerprint density at radius 2 is 1.85 bits per heavy atom. The van der Waals surface area contributed by atoms with Crippen LogP contribution in [-0.4, -0.2) is 12.1 Å². The first kappa shape index (κ1) is 12.2. The lowest BCUT2D eigenvalue weighted by Gasteiger charge is -1.98. The summed E-state index contributed by atoms with van der Waals surface area (Å²) in [5.74, 6) is 6.98. The van der Waals surface area contributed by atoms with Crippen LogP contribution in [0.5, 0.6) is 5.75 Å². The molecule has 1 heterocycles. The molecule has 0 amide bonds. The molecule has 0 aliphatic rings. The van der Waals surface area contributed by atoms with Crippen molar-refractivity contribution in [2.75, 3.05) is 12.8 Å². The molecule has 3 aromatic rings. The smallest absolute Gasteiger partial charge is 0.120 e. The zero-order valence-corrected chi connectivity index (χ0v) is 11.1. The summed E-state index contributed by atoms with van der Waals surface area (Å²) in [6.07, 6.45) is 0. The summed E-state index contributed by atoms with van der Waals surface area (Å²) in [6, 6.07) is 15.6. The fraction of sp³-hybridized carbons (Fsp3) is 0.0588. The van der Waals surface area contributed by atoms with E-state index in [1.807, 2.05) is 48.5 Å². The van der Waals surface area contributed by atoms with Crippen molar-refractivity contribution in [3.05, 3.63) is 59.8 Å². The van der Waals surface area contributed by atoms with Crippen LogP contribution >= 0.6 is 0 Å². The van der Waals surface area contributed by atoms with Crippen LogP contribution in [-0.2, 0) is 0 Å². The molecule has 3 N–H and O–H groups in total. The molecule has 0 aliphatic carbocycles. The van der Waals surface area contributed by atoms with Gasteiger partial charge in [-0.1, -0.05) is 24.1 Å². The van der Waals surface area contributed by atoms with Gasteiger partial charge in [0.25, 0.3) is 0 Å². The molecule has 0 aliphatic heterocycles. The molecular weight excluding hydrogens is 248 g/mol. The van der Waals surface area contributed by atoms with Crippen molar-refractivity contribution in [1.29, 1.82) is 0 Å². The molecule has 0 saturated carbocycles. The number of H-pyrrole nitrogens is 1. The van der Waals surface area contributed by atoms with E-state index < -0.39 is 0 Å². The fourth-order valence-electron chi connectivity index (χ4n) is 2.08. The lowest BCUT2D eigenvalue weighted by molar-refractivity contribution is 0.415. The average Bonchev–Trinajstić information content (AvgIpc) is 2.82. The molecule has 0 fully saturated rings. The van der Waals surface area contributed by atoms with Crippen LogP contribution in [0.15, 0.2) is 48.5 Å². The molecule has 2 aromatic carbocycles. The molecule has 0 saturated heterocycles. The van der Waals surface area contributed by atoms with Crippen molar-refractivity contribution >= 4 is 16.6 Å². The van der Waals surface area contributed by atoms with Crippen LogP contribution in [0.25, 0.3) is 10.9 Å². The Morgan fingerprint density at radius 1 is 1.05 bits per heavy atom. The molecule has 3 rings (SSSR count). The van der Waals surface area contributed by atoms with E-state index >= 15 is 0 Å². The zero-order valence-electron chi connectivity index (χ0n) is 11.1. The van der Waals surface area contributed by atoms with Crippen LogP contribution in [0.4, 0.5) is 5.69 Å². The first-order chi connectivity index (χ1) is 9.78. The first-order valence-electron chi connectivity index (χ1n) is 6.30. The molecular formula is C17H14N2O. The third-order valence-corrected chi connectivity index (χ3v) is 3.15. The van der Waals surface area contributed by atoms with E-state index in [1.165, 1.54) is 0 Å². The predicted molar refractivity (Wildman–Crippen MR) is 81.7 cm³/mol. The van der Waals surface area contributed by atoms with Crippen LogP contribution in [0.2, 0.25) is 0 Å². The summed E-state index contributed by atoms with van der Waals surface area (Å²) in [7, 11) is 1.64. The van der Waals surface area contributed by atoms with Gasteiger partial charge in [0.05, 0.1) is 18.3 Å². The van der Waals surface area contributed by atoms with E-state index in [9.17, 15) is 0 Å². The van der Waals surface area contributed by atoms with Crippen molar-refractivity contribution in [3.63, 3.8) is 0 Å². The Hall–Kier alpha value is -2.86. The highest BCUT2D eigenvalue weighted by molar-refractivity contribution is 5.95. The lowest BCUT2D eigenvalue weighted by atomic mass is 10.2. The number of aromatic amines is 1. The Morgan fingerprint density at radius 3 is 2.60 bits per heavy atom. The number of rotatable bonds is 1. The van der Waals surface area contributed by atoms with Crippen molar-refractivity contribution < 1.29 is 4.74 Å². The third-order valence-electron chi connectivity index (χ3n) is 3.15. The van der Waals surface area contributed by atoms with Gasteiger partial charge in [-0.3, -0.25) is 0 Å². The van der Waals surface area contributed by atoms with E-state index in [0.717, 1.165) is 27.9 Å². The molecule has 0 radical (unpaired) electrons. The largest absolute Gasteiger partial charge is 0.497 e. The molecule has 98 valence electrons. The standard InChI is InChI=1S/C17H14N2O/c1-20-13-8-9-14-16(11-13)19-15(17(14)18)10-7-12-5-3-2-4-6-12/h2-6,8-9,11,19H,18H2,1H3. The average molecular weight is 262 g/mol. The van der Waals surface area contributed by atoms with Gasteiger partial charge >= 0.3 is 0 Å². The topological polar surface area (TPSA) is 51.0 Å². The maximum absolute atomic E-state index is 6.12. The van der Waals surface area contributed by atoms with E-state index in [2.05, 4.69) is 16.8 Å². The monoisotopic (exact) mass is 262 g/mol. The quantitative estimate of drug-likeness (QED) is 0.662. The molecule has 3 heteroatoms. The van der Waals surface area contributed by atoms with E-state index in [0.29, 0.717) is 5.69 Å². The van der Waals surface area contributed by atoms with E-state index in [4.69, 9.17) is 10.5 Å². The number of ether oxygens (including phenoxy) is 1. The highest BCUT2D eigenvalue weighted by Crippen LogP contribution is 2.27. The van der Waals surface area contributed by atoms with Gasteiger partial charge in [-0.2, -0.15) is 0 Å². The first-order valence-corrected chi connectivity index (χ1v) is 6.30. The lowest BCUT2D eigenvalue weighted by Crippen LogP contribution is -1.86. The van der Waals surface area contributed by atoms with Crippen LogP contribution in [0.3, 0.4) is 0 Å². The Balaban J connectivity index is 2.05. The van der Waals surface area contributed by atoms with Gasteiger partial charge in [0.1, 0.15) is 11.4 Å². The van der Waals surface area contributed by atoms with Gasteiger partial charge in [-0.25, -0.2) is 0 Å². The van der Waals surface area contributed by atoms with Gasteiger partial charge in [0.15, 0.2) is 0 Å². The van der Waals surface area contributed by atoms with Crippen molar-refractivity contribution in [3.8, 4) is 17.6 Å². The number of nitrogen functional groups attached to an aromatic ring is 1. The molecule has 0 spiro atoms. The minimum atomic E-state index is 0.672. The Kier molecular flexibility index (Phi) is 3.06. The van der Waals surface area contributed by atoms with Gasteiger partial charge < -0.3 is 15.5 Å². The van der Waals surface area contributed by atoms with Gasteiger partial charge in [0, 0.05) is 17.0 Å². The summed E-state index contributed by atoms with van der Waals surface area (Å²) >= 11 is 0. The number of nitrogens with one attached hydrogen (secondary N) is 1. The Bertz CT molecular complexity index is 807. The fourth-order valence-corrected chi connectivity index (χ4v) is 2.08. The van der Waals surface area contributed by atoms with Crippen LogP contribution in [0, 0.1) is 11.8 Å². The second kappa shape index (κ2) is 5.02. The normalized spacial score (nSPS) is 10.1. The van der Waals surface area contributed by atoms with Crippen LogP contribution < -0.4 is 10.5 Å². The molecule has 20 heavy (non-hydrogen) atoms. The molecule has 0 atom stereocenters. The summed E-state index contributed by atoms with van der Waals surface area (Å²) in [5, 5.41) is 0.961.